The van der Waals surface area contributed by atoms with Crippen LogP contribution in [0.3, 0.4) is 0 Å². The zero-order valence-electron chi connectivity index (χ0n) is 9.29. The molecular weight excluding hydrogens is 182 g/mol. The summed E-state index contributed by atoms with van der Waals surface area (Å²) in [5.74, 6) is 0. The topological polar surface area (TPSA) is 55.4 Å². The van der Waals surface area contributed by atoms with Crippen LogP contribution in [-0.4, -0.2) is 25.0 Å². The minimum absolute atomic E-state index is 0.285. The van der Waals surface area contributed by atoms with Gasteiger partial charge in [-0.25, -0.2) is 4.79 Å². The fourth-order valence-corrected chi connectivity index (χ4v) is 0.818. The number of carbonyl (C=O) groups excluding carboxylic acids is 2. The number of hydrogen-bond acceptors (Lipinski definition) is 3. The Morgan fingerprint density at radius 2 is 2.07 bits per heavy atom. The largest absolute Gasteiger partial charge is 0.450 e. The molecule has 14 heavy (non-hydrogen) atoms. The number of alkyl carbamates (subject to hydrolysis) is 1. The van der Waals surface area contributed by atoms with Crippen LogP contribution in [0.25, 0.3) is 0 Å². The highest BCUT2D eigenvalue weighted by Gasteiger charge is 2.25. The molecule has 0 unspecified atom stereocenters. The first-order chi connectivity index (χ1) is 6.41. The maximum atomic E-state index is 11.1. The van der Waals surface area contributed by atoms with Crippen molar-refractivity contribution in [3.8, 4) is 0 Å². The van der Waals surface area contributed by atoms with E-state index in [4.69, 9.17) is 4.74 Å². The molecule has 4 nitrogen and oxygen atoms in total. The molecule has 0 aliphatic carbocycles. The van der Waals surface area contributed by atoms with Crippen molar-refractivity contribution < 1.29 is 14.3 Å². The first kappa shape index (κ1) is 12.9. The second-order valence-electron chi connectivity index (χ2n) is 4.26. The van der Waals surface area contributed by atoms with Crippen molar-refractivity contribution >= 4 is 12.4 Å². The number of ether oxygens (including phenoxy) is 1. The van der Waals surface area contributed by atoms with Crippen LogP contribution in [0, 0.1) is 5.41 Å². The number of hydrogen-bond donors (Lipinski definition) is 1. The molecule has 0 aromatic rings. The number of nitrogens with one attached hydrogen (secondary N) is 1. The summed E-state index contributed by atoms with van der Waals surface area (Å²) < 4.78 is 4.81. The molecule has 1 N–H and O–H groups in total. The van der Waals surface area contributed by atoms with E-state index in [1.54, 1.807) is 0 Å². The number of aldehydes is 1. The minimum Gasteiger partial charge on any atom is -0.450 e. The third kappa shape index (κ3) is 4.84. The molecule has 4 heteroatoms. The van der Waals surface area contributed by atoms with Crippen LogP contribution in [-0.2, 0) is 9.53 Å². The first-order valence-electron chi connectivity index (χ1n) is 4.80. The monoisotopic (exact) mass is 201 g/mol. The first-order valence-corrected chi connectivity index (χ1v) is 4.80. The summed E-state index contributed by atoms with van der Waals surface area (Å²) in [6.45, 7) is 7.93. The van der Waals surface area contributed by atoms with Crippen molar-refractivity contribution in [2.24, 2.45) is 5.41 Å². The van der Waals surface area contributed by atoms with E-state index in [1.165, 1.54) is 0 Å². The lowest BCUT2D eigenvalue weighted by Crippen LogP contribution is -2.45. The Balaban J connectivity index is 4.06. The molecule has 0 rings (SSSR count). The quantitative estimate of drug-likeness (QED) is 0.705. The van der Waals surface area contributed by atoms with E-state index in [9.17, 15) is 9.59 Å². The van der Waals surface area contributed by atoms with Crippen molar-refractivity contribution in [1.29, 1.82) is 0 Å². The Morgan fingerprint density at radius 3 is 2.43 bits per heavy atom. The van der Waals surface area contributed by atoms with Gasteiger partial charge in [0, 0.05) is 0 Å². The van der Waals surface area contributed by atoms with Gasteiger partial charge < -0.3 is 14.8 Å². The molecule has 0 aliphatic heterocycles. The summed E-state index contributed by atoms with van der Waals surface area (Å²) in [5, 5.41) is 2.51. The third-order valence-corrected chi connectivity index (χ3v) is 1.78. The Morgan fingerprint density at radius 1 is 1.50 bits per heavy atom. The van der Waals surface area contributed by atoms with Gasteiger partial charge in [-0.2, -0.15) is 0 Å². The number of rotatable bonds is 4. The molecule has 1 atom stereocenters. The van der Waals surface area contributed by atoms with Crippen LogP contribution >= 0.6 is 0 Å². The second-order valence-corrected chi connectivity index (χ2v) is 4.26. The summed E-state index contributed by atoms with van der Waals surface area (Å²) in [4.78, 5) is 21.8. The Labute approximate surface area is 85.0 Å². The second kappa shape index (κ2) is 5.62. The highest BCUT2D eigenvalue weighted by atomic mass is 16.5. The molecule has 0 aromatic heterocycles. The van der Waals surface area contributed by atoms with Gasteiger partial charge in [-0.15, -0.1) is 0 Å². The van der Waals surface area contributed by atoms with Crippen molar-refractivity contribution in [3.63, 3.8) is 0 Å². The fraction of sp³-hybridized carbons (Fsp3) is 0.800. The molecule has 0 aliphatic rings. The zero-order valence-corrected chi connectivity index (χ0v) is 9.29. The van der Waals surface area contributed by atoms with Gasteiger partial charge in [0.1, 0.15) is 6.29 Å². The van der Waals surface area contributed by atoms with Gasteiger partial charge in [0.25, 0.3) is 0 Å². The lowest BCUT2D eigenvalue weighted by molar-refractivity contribution is -0.111. The summed E-state index contributed by atoms with van der Waals surface area (Å²) >= 11 is 0. The van der Waals surface area contributed by atoms with Crippen molar-refractivity contribution in [1.82, 2.24) is 5.32 Å². The Kier molecular flexibility index (Phi) is 5.20. The van der Waals surface area contributed by atoms with Gasteiger partial charge in [-0.05, 0) is 11.8 Å². The average molecular weight is 201 g/mol. The maximum Gasteiger partial charge on any atom is 0.407 e. The van der Waals surface area contributed by atoms with Crippen LogP contribution in [0.15, 0.2) is 0 Å². The van der Waals surface area contributed by atoms with Crippen molar-refractivity contribution in [2.75, 3.05) is 6.61 Å². The van der Waals surface area contributed by atoms with Crippen molar-refractivity contribution in [2.45, 2.75) is 40.2 Å². The summed E-state index contributed by atoms with van der Waals surface area (Å²) in [7, 11) is 0. The minimum atomic E-state index is -0.529. The van der Waals surface area contributed by atoms with E-state index < -0.39 is 12.1 Å². The standard InChI is InChI=1S/C10H19NO3/c1-5-6-14-9(13)11-8(7-12)10(2,3)4/h7-8H,5-6H2,1-4H3,(H,11,13)/t8-/m1/s1. The molecule has 0 radical (unpaired) electrons. The summed E-state index contributed by atoms with van der Waals surface area (Å²) in [5.41, 5.74) is -0.285. The molecule has 0 fully saturated rings. The number of carbonyl (C=O) groups is 2. The summed E-state index contributed by atoms with van der Waals surface area (Å²) in [6, 6.07) is -0.508. The lowest BCUT2D eigenvalue weighted by atomic mass is 9.88. The third-order valence-electron chi connectivity index (χ3n) is 1.78. The maximum absolute atomic E-state index is 11.1. The predicted octanol–water partition coefficient (Wildman–Crippen LogP) is 1.74. The van der Waals surface area contributed by atoms with Gasteiger partial charge in [-0.3, -0.25) is 0 Å². The molecule has 0 saturated carbocycles. The van der Waals surface area contributed by atoms with E-state index in [0.717, 1.165) is 12.7 Å². The van der Waals surface area contributed by atoms with E-state index in [2.05, 4.69) is 5.32 Å². The van der Waals surface area contributed by atoms with Gasteiger partial charge in [0.15, 0.2) is 0 Å². The molecule has 82 valence electrons. The van der Waals surface area contributed by atoms with Gasteiger partial charge >= 0.3 is 6.09 Å². The fourth-order valence-electron chi connectivity index (χ4n) is 0.818. The number of amides is 1. The normalized spacial score (nSPS) is 13.1. The van der Waals surface area contributed by atoms with Crippen molar-refractivity contribution in [3.05, 3.63) is 0 Å². The van der Waals surface area contributed by atoms with Crippen LogP contribution in [0.1, 0.15) is 34.1 Å². The van der Waals surface area contributed by atoms with Gasteiger partial charge in [0.2, 0.25) is 0 Å². The highest BCUT2D eigenvalue weighted by Crippen LogP contribution is 2.17. The molecule has 0 bridgehead atoms. The predicted molar refractivity (Wildman–Crippen MR) is 54.1 cm³/mol. The van der Waals surface area contributed by atoms with E-state index in [-0.39, 0.29) is 5.41 Å². The van der Waals surface area contributed by atoms with Crippen LogP contribution in [0.2, 0.25) is 0 Å². The van der Waals surface area contributed by atoms with Crippen LogP contribution in [0.5, 0.6) is 0 Å². The molecule has 1 amide bonds. The Hall–Kier alpha value is -1.06. The highest BCUT2D eigenvalue weighted by molar-refractivity contribution is 5.73. The molecule has 0 heterocycles. The van der Waals surface area contributed by atoms with E-state index >= 15 is 0 Å². The molecule has 0 aromatic carbocycles. The molecular formula is C10H19NO3. The smallest absolute Gasteiger partial charge is 0.407 e. The summed E-state index contributed by atoms with van der Waals surface area (Å²) in [6.07, 6.45) is 0.973. The lowest BCUT2D eigenvalue weighted by Gasteiger charge is -2.26. The van der Waals surface area contributed by atoms with Gasteiger partial charge in [-0.1, -0.05) is 27.7 Å². The van der Waals surface area contributed by atoms with E-state index in [0.29, 0.717) is 6.61 Å². The molecule has 0 spiro atoms. The van der Waals surface area contributed by atoms with Crippen LogP contribution < -0.4 is 5.32 Å². The average Bonchev–Trinajstić information content (AvgIpc) is 2.08. The van der Waals surface area contributed by atoms with Crippen LogP contribution in [0.4, 0.5) is 4.79 Å². The Bertz CT molecular complexity index is 196. The SMILES string of the molecule is CCCOC(=O)N[C@H](C=O)C(C)(C)C. The molecule has 0 saturated heterocycles. The van der Waals surface area contributed by atoms with E-state index in [1.807, 2.05) is 27.7 Å². The van der Waals surface area contributed by atoms with Gasteiger partial charge in [0.05, 0.1) is 12.6 Å². The zero-order chi connectivity index (χ0) is 11.2.